The van der Waals surface area contributed by atoms with Gasteiger partial charge in [-0.3, -0.25) is 4.79 Å². The van der Waals surface area contributed by atoms with E-state index in [-0.39, 0.29) is 12.5 Å². The number of hydrogen-bond acceptors (Lipinski definition) is 2. The summed E-state index contributed by atoms with van der Waals surface area (Å²) in [6.07, 6.45) is 0. The highest BCUT2D eigenvalue weighted by Crippen LogP contribution is 2.15. The number of nitrogens with one attached hydrogen (secondary N) is 3. The number of aryl methyl sites for hydroxylation is 1. The van der Waals surface area contributed by atoms with Crippen LogP contribution < -0.4 is 16.0 Å². The first kappa shape index (κ1) is 16.0. The lowest BCUT2D eigenvalue weighted by atomic mass is 10.2. The molecule has 114 valence electrons. The second-order valence-corrected chi connectivity index (χ2v) is 5.65. The molecule has 0 saturated carbocycles. The molecule has 0 bridgehead atoms. The van der Waals surface area contributed by atoms with E-state index in [1.807, 2.05) is 37.3 Å². The second kappa shape index (κ2) is 7.61. The lowest BCUT2D eigenvalue weighted by Crippen LogP contribution is -2.35. The fourth-order valence-electron chi connectivity index (χ4n) is 1.83. The highest BCUT2D eigenvalue weighted by Gasteiger charge is 2.06. The van der Waals surface area contributed by atoms with Gasteiger partial charge in [0, 0.05) is 15.8 Å². The number of halogens is 1. The quantitative estimate of drug-likeness (QED) is 0.779. The first-order valence-corrected chi connectivity index (χ1v) is 7.49. The summed E-state index contributed by atoms with van der Waals surface area (Å²) in [6.45, 7) is 1.84. The number of rotatable bonds is 4. The smallest absolute Gasteiger partial charge is 0.319 e. The van der Waals surface area contributed by atoms with Gasteiger partial charge < -0.3 is 16.0 Å². The summed E-state index contributed by atoms with van der Waals surface area (Å²) in [4.78, 5) is 23.5. The van der Waals surface area contributed by atoms with Gasteiger partial charge in [-0.2, -0.15) is 0 Å². The monoisotopic (exact) mass is 361 g/mol. The molecular formula is C16H16BrN3O2. The average Bonchev–Trinajstić information content (AvgIpc) is 2.45. The second-order valence-electron chi connectivity index (χ2n) is 4.74. The van der Waals surface area contributed by atoms with Gasteiger partial charge in [0.05, 0.1) is 6.54 Å². The van der Waals surface area contributed by atoms with Crippen LogP contribution in [0.4, 0.5) is 16.2 Å². The van der Waals surface area contributed by atoms with Gasteiger partial charge in [0.15, 0.2) is 0 Å². The molecule has 0 aromatic heterocycles. The van der Waals surface area contributed by atoms with Crippen molar-refractivity contribution in [2.45, 2.75) is 6.92 Å². The Kier molecular flexibility index (Phi) is 5.55. The van der Waals surface area contributed by atoms with Crippen LogP contribution in [0.1, 0.15) is 5.56 Å². The first-order valence-electron chi connectivity index (χ1n) is 6.70. The summed E-state index contributed by atoms with van der Waals surface area (Å²) in [7, 11) is 0. The Morgan fingerprint density at radius 3 is 2.36 bits per heavy atom. The van der Waals surface area contributed by atoms with Crippen LogP contribution in [0.3, 0.4) is 0 Å². The largest absolute Gasteiger partial charge is 0.329 e. The number of urea groups is 1. The average molecular weight is 362 g/mol. The predicted molar refractivity (Wildman–Crippen MR) is 91.0 cm³/mol. The van der Waals surface area contributed by atoms with Gasteiger partial charge in [-0.05, 0) is 42.8 Å². The first-order chi connectivity index (χ1) is 10.5. The molecule has 0 atom stereocenters. The third kappa shape index (κ3) is 5.21. The summed E-state index contributed by atoms with van der Waals surface area (Å²) in [5.74, 6) is -0.282. The lowest BCUT2D eigenvalue weighted by Gasteiger charge is -2.09. The summed E-state index contributed by atoms with van der Waals surface area (Å²) in [6, 6.07) is 14.2. The molecule has 5 nitrogen and oxygen atoms in total. The zero-order chi connectivity index (χ0) is 15.9. The summed E-state index contributed by atoms with van der Waals surface area (Å²) in [5.41, 5.74) is 2.41. The van der Waals surface area contributed by atoms with Gasteiger partial charge in [-0.15, -0.1) is 0 Å². The Bertz CT molecular complexity index is 629. The number of carbonyl (C=O) groups excluding carboxylic acids is 2. The van der Waals surface area contributed by atoms with E-state index in [1.165, 1.54) is 0 Å². The SMILES string of the molecule is Cc1cccc(NC(=O)CNC(=O)Nc2cccc(Br)c2)c1. The van der Waals surface area contributed by atoms with Crippen LogP contribution in [0.2, 0.25) is 0 Å². The molecule has 0 radical (unpaired) electrons. The van der Waals surface area contributed by atoms with Gasteiger partial charge in [0.25, 0.3) is 0 Å². The van der Waals surface area contributed by atoms with Gasteiger partial charge in [-0.25, -0.2) is 4.79 Å². The van der Waals surface area contributed by atoms with Crippen molar-refractivity contribution in [3.63, 3.8) is 0 Å². The topological polar surface area (TPSA) is 70.2 Å². The molecule has 2 aromatic carbocycles. The van der Waals surface area contributed by atoms with E-state index in [4.69, 9.17) is 0 Å². The molecule has 0 unspecified atom stereocenters. The maximum atomic E-state index is 11.8. The van der Waals surface area contributed by atoms with Crippen molar-refractivity contribution in [1.82, 2.24) is 5.32 Å². The van der Waals surface area contributed by atoms with Gasteiger partial charge >= 0.3 is 6.03 Å². The Labute approximate surface area is 137 Å². The van der Waals surface area contributed by atoms with Crippen molar-refractivity contribution in [3.8, 4) is 0 Å². The zero-order valence-electron chi connectivity index (χ0n) is 12.0. The summed E-state index contributed by atoms with van der Waals surface area (Å²) in [5, 5.41) is 7.88. The minimum atomic E-state index is -0.433. The molecule has 2 rings (SSSR count). The number of amides is 3. The van der Waals surface area contributed by atoms with Gasteiger partial charge in [-0.1, -0.05) is 34.1 Å². The van der Waals surface area contributed by atoms with Crippen molar-refractivity contribution in [2.75, 3.05) is 17.2 Å². The number of anilines is 2. The number of carbonyl (C=O) groups is 2. The van der Waals surface area contributed by atoms with Crippen molar-refractivity contribution in [3.05, 3.63) is 58.6 Å². The maximum Gasteiger partial charge on any atom is 0.319 e. The van der Waals surface area contributed by atoms with E-state index < -0.39 is 6.03 Å². The maximum absolute atomic E-state index is 11.8. The molecule has 0 fully saturated rings. The van der Waals surface area contributed by atoms with E-state index in [9.17, 15) is 9.59 Å². The molecule has 0 saturated heterocycles. The number of hydrogen-bond donors (Lipinski definition) is 3. The lowest BCUT2D eigenvalue weighted by molar-refractivity contribution is -0.115. The van der Waals surface area contributed by atoms with Crippen molar-refractivity contribution in [2.24, 2.45) is 0 Å². The molecule has 0 spiro atoms. The van der Waals surface area contributed by atoms with Gasteiger partial charge in [0.1, 0.15) is 0 Å². The van der Waals surface area contributed by atoms with E-state index >= 15 is 0 Å². The molecule has 0 aliphatic carbocycles. The van der Waals surface area contributed by atoms with Crippen LogP contribution in [0.5, 0.6) is 0 Å². The fourth-order valence-corrected chi connectivity index (χ4v) is 2.23. The zero-order valence-corrected chi connectivity index (χ0v) is 13.6. The highest BCUT2D eigenvalue weighted by molar-refractivity contribution is 9.10. The molecule has 3 amide bonds. The van der Waals surface area contributed by atoms with Crippen molar-refractivity contribution < 1.29 is 9.59 Å². The fraction of sp³-hybridized carbons (Fsp3) is 0.125. The number of benzene rings is 2. The molecule has 0 heterocycles. The Balaban J connectivity index is 1.79. The van der Waals surface area contributed by atoms with E-state index in [0.717, 1.165) is 10.0 Å². The van der Waals surface area contributed by atoms with Crippen LogP contribution in [0, 0.1) is 6.92 Å². The minimum absolute atomic E-state index is 0.103. The molecule has 3 N–H and O–H groups in total. The van der Waals surface area contributed by atoms with Crippen LogP contribution in [0.15, 0.2) is 53.0 Å². The third-order valence-electron chi connectivity index (χ3n) is 2.79. The van der Waals surface area contributed by atoms with Crippen LogP contribution >= 0.6 is 15.9 Å². The molecule has 0 aliphatic heterocycles. The van der Waals surface area contributed by atoms with E-state index in [1.54, 1.807) is 18.2 Å². The van der Waals surface area contributed by atoms with Crippen molar-refractivity contribution in [1.29, 1.82) is 0 Å². The van der Waals surface area contributed by atoms with E-state index in [2.05, 4.69) is 31.9 Å². The van der Waals surface area contributed by atoms with E-state index in [0.29, 0.717) is 11.4 Å². The Morgan fingerprint density at radius 1 is 1.00 bits per heavy atom. The highest BCUT2D eigenvalue weighted by atomic mass is 79.9. The standard InChI is InChI=1S/C16H16BrN3O2/c1-11-4-2-6-13(8-11)19-15(21)10-18-16(22)20-14-7-3-5-12(17)9-14/h2-9H,10H2,1H3,(H,19,21)(H2,18,20,22). The summed E-state index contributed by atoms with van der Waals surface area (Å²) < 4.78 is 0.863. The van der Waals surface area contributed by atoms with Crippen LogP contribution in [-0.2, 0) is 4.79 Å². The molecule has 0 aliphatic rings. The Hall–Kier alpha value is -2.34. The molecular weight excluding hydrogens is 346 g/mol. The van der Waals surface area contributed by atoms with Gasteiger partial charge in [0.2, 0.25) is 5.91 Å². The predicted octanol–water partition coefficient (Wildman–Crippen LogP) is 3.52. The molecule has 6 heteroatoms. The van der Waals surface area contributed by atoms with Crippen LogP contribution in [-0.4, -0.2) is 18.5 Å². The Morgan fingerprint density at radius 2 is 1.68 bits per heavy atom. The minimum Gasteiger partial charge on any atom is -0.329 e. The summed E-state index contributed by atoms with van der Waals surface area (Å²) >= 11 is 3.32. The van der Waals surface area contributed by atoms with Crippen molar-refractivity contribution >= 4 is 39.2 Å². The normalized spacial score (nSPS) is 9.91. The molecule has 2 aromatic rings. The van der Waals surface area contributed by atoms with Crippen LogP contribution in [0.25, 0.3) is 0 Å². The molecule has 22 heavy (non-hydrogen) atoms. The third-order valence-corrected chi connectivity index (χ3v) is 3.29.